The first kappa shape index (κ1) is 15.2. The van der Waals surface area contributed by atoms with Crippen molar-refractivity contribution in [3.63, 3.8) is 0 Å². The van der Waals surface area contributed by atoms with Gasteiger partial charge in [-0.2, -0.15) is 0 Å². The first-order valence-electron chi connectivity index (χ1n) is 6.84. The summed E-state index contributed by atoms with van der Waals surface area (Å²) in [6, 6.07) is 4.13. The standard InChI is InChI=1S/C16H18FNO3/c1-16(2)8-3-9-18(16)15(21)12-6-4-11(10-13(12)17)5-7-14(19)20/h4-7,10H,3,8-9H2,1-2H3,(H,19,20). The van der Waals surface area contributed by atoms with Gasteiger partial charge in [-0.25, -0.2) is 9.18 Å². The van der Waals surface area contributed by atoms with Crippen LogP contribution in [0.15, 0.2) is 24.3 Å². The third-order valence-electron chi connectivity index (χ3n) is 3.79. The van der Waals surface area contributed by atoms with Crippen molar-refractivity contribution >= 4 is 18.0 Å². The number of nitrogens with zero attached hydrogens (tertiary/aromatic N) is 1. The van der Waals surface area contributed by atoms with E-state index in [9.17, 15) is 14.0 Å². The smallest absolute Gasteiger partial charge is 0.328 e. The Labute approximate surface area is 122 Å². The fraction of sp³-hybridized carbons (Fsp3) is 0.375. The molecular formula is C16H18FNO3. The molecule has 0 radical (unpaired) electrons. The van der Waals surface area contributed by atoms with Gasteiger partial charge in [-0.1, -0.05) is 6.07 Å². The second kappa shape index (κ2) is 5.68. The molecule has 0 spiro atoms. The zero-order valence-corrected chi connectivity index (χ0v) is 12.1. The van der Waals surface area contributed by atoms with Gasteiger partial charge in [0.1, 0.15) is 5.82 Å². The van der Waals surface area contributed by atoms with Gasteiger partial charge < -0.3 is 10.0 Å². The van der Waals surface area contributed by atoms with Gasteiger partial charge in [0.2, 0.25) is 0 Å². The van der Waals surface area contributed by atoms with Crippen molar-refractivity contribution in [3.8, 4) is 0 Å². The summed E-state index contributed by atoms with van der Waals surface area (Å²) in [5.74, 6) is -2.05. The minimum absolute atomic E-state index is 0.0254. The predicted octanol–water partition coefficient (Wildman–Crippen LogP) is 2.94. The van der Waals surface area contributed by atoms with E-state index in [1.54, 1.807) is 11.0 Å². The van der Waals surface area contributed by atoms with Crippen molar-refractivity contribution in [1.82, 2.24) is 4.90 Å². The molecule has 0 saturated carbocycles. The van der Waals surface area contributed by atoms with Crippen molar-refractivity contribution in [3.05, 3.63) is 41.2 Å². The summed E-state index contributed by atoms with van der Waals surface area (Å²) in [5, 5.41) is 8.55. The molecule has 0 aliphatic carbocycles. The number of benzene rings is 1. The molecule has 1 aromatic carbocycles. The van der Waals surface area contributed by atoms with Gasteiger partial charge in [-0.15, -0.1) is 0 Å². The van der Waals surface area contributed by atoms with Gasteiger partial charge in [0.05, 0.1) is 5.56 Å². The Kier molecular flexibility index (Phi) is 4.11. The second-order valence-corrected chi connectivity index (χ2v) is 5.78. The Morgan fingerprint density at radius 1 is 1.38 bits per heavy atom. The van der Waals surface area contributed by atoms with Crippen LogP contribution < -0.4 is 0 Å². The number of carbonyl (C=O) groups excluding carboxylic acids is 1. The van der Waals surface area contributed by atoms with Crippen molar-refractivity contribution < 1.29 is 19.1 Å². The molecular weight excluding hydrogens is 273 g/mol. The molecule has 112 valence electrons. The van der Waals surface area contributed by atoms with Crippen LogP contribution in [0.3, 0.4) is 0 Å². The highest BCUT2D eigenvalue weighted by atomic mass is 19.1. The minimum Gasteiger partial charge on any atom is -0.478 e. The number of amides is 1. The van der Waals surface area contributed by atoms with E-state index in [0.29, 0.717) is 12.1 Å². The van der Waals surface area contributed by atoms with E-state index >= 15 is 0 Å². The lowest BCUT2D eigenvalue weighted by Crippen LogP contribution is -2.42. The summed E-state index contributed by atoms with van der Waals surface area (Å²) in [6.07, 6.45) is 4.04. The topological polar surface area (TPSA) is 57.6 Å². The van der Waals surface area contributed by atoms with Crippen LogP contribution in [-0.2, 0) is 4.79 Å². The average molecular weight is 291 g/mol. The SMILES string of the molecule is CC1(C)CCCN1C(=O)c1ccc(C=CC(=O)O)cc1F. The number of halogens is 1. The highest BCUT2D eigenvalue weighted by molar-refractivity contribution is 5.95. The van der Waals surface area contributed by atoms with Crippen LogP contribution in [-0.4, -0.2) is 34.0 Å². The number of carboxylic acids is 1. The molecule has 4 nitrogen and oxygen atoms in total. The molecule has 1 N–H and O–H groups in total. The van der Waals surface area contributed by atoms with Gasteiger partial charge in [0.15, 0.2) is 0 Å². The highest BCUT2D eigenvalue weighted by Crippen LogP contribution is 2.30. The lowest BCUT2D eigenvalue weighted by Gasteiger charge is -2.31. The lowest BCUT2D eigenvalue weighted by molar-refractivity contribution is -0.131. The third kappa shape index (κ3) is 3.29. The van der Waals surface area contributed by atoms with E-state index in [1.165, 1.54) is 18.2 Å². The summed E-state index contributed by atoms with van der Waals surface area (Å²) in [5.41, 5.74) is 0.176. The lowest BCUT2D eigenvalue weighted by atomic mass is 10.0. The molecule has 1 aliphatic heterocycles. The highest BCUT2D eigenvalue weighted by Gasteiger charge is 2.36. The number of hydrogen-bond acceptors (Lipinski definition) is 2. The molecule has 0 bridgehead atoms. The minimum atomic E-state index is -1.10. The molecule has 1 amide bonds. The molecule has 2 rings (SSSR count). The average Bonchev–Trinajstić information content (AvgIpc) is 2.75. The van der Waals surface area contributed by atoms with E-state index in [0.717, 1.165) is 18.9 Å². The Balaban J connectivity index is 2.25. The van der Waals surface area contributed by atoms with E-state index in [1.807, 2.05) is 13.8 Å². The summed E-state index contributed by atoms with van der Waals surface area (Å²) in [6.45, 7) is 4.57. The van der Waals surface area contributed by atoms with E-state index in [4.69, 9.17) is 5.11 Å². The van der Waals surface area contributed by atoms with Crippen LogP contribution in [0.4, 0.5) is 4.39 Å². The summed E-state index contributed by atoms with van der Waals surface area (Å²) in [7, 11) is 0. The molecule has 0 unspecified atom stereocenters. The number of carboxylic acid groups (broad SMARTS) is 1. The molecule has 1 heterocycles. The van der Waals surface area contributed by atoms with Crippen LogP contribution in [0.1, 0.15) is 42.6 Å². The zero-order chi connectivity index (χ0) is 15.6. The Morgan fingerprint density at radius 2 is 2.10 bits per heavy atom. The van der Waals surface area contributed by atoms with Gasteiger partial charge in [0, 0.05) is 18.2 Å². The Hall–Kier alpha value is -2.17. The molecule has 21 heavy (non-hydrogen) atoms. The van der Waals surface area contributed by atoms with Gasteiger partial charge >= 0.3 is 5.97 Å². The van der Waals surface area contributed by atoms with E-state index < -0.39 is 11.8 Å². The molecule has 1 aliphatic rings. The molecule has 0 aromatic heterocycles. The fourth-order valence-corrected chi connectivity index (χ4v) is 2.61. The predicted molar refractivity (Wildman–Crippen MR) is 77.4 cm³/mol. The van der Waals surface area contributed by atoms with Crippen LogP contribution in [0, 0.1) is 5.82 Å². The summed E-state index contributed by atoms with van der Waals surface area (Å²) >= 11 is 0. The number of aliphatic carboxylic acids is 1. The molecule has 1 saturated heterocycles. The van der Waals surface area contributed by atoms with Crippen molar-refractivity contribution in [1.29, 1.82) is 0 Å². The van der Waals surface area contributed by atoms with Crippen LogP contribution in [0.5, 0.6) is 0 Å². The Bertz CT molecular complexity index is 608. The monoisotopic (exact) mass is 291 g/mol. The number of hydrogen-bond donors (Lipinski definition) is 1. The van der Waals surface area contributed by atoms with Crippen molar-refractivity contribution in [2.45, 2.75) is 32.2 Å². The summed E-state index contributed by atoms with van der Waals surface area (Å²) < 4.78 is 14.1. The zero-order valence-electron chi connectivity index (χ0n) is 12.1. The van der Waals surface area contributed by atoms with Crippen LogP contribution in [0.25, 0.3) is 6.08 Å². The summed E-state index contributed by atoms with van der Waals surface area (Å²) in [4.78, 5) is 24.6. The van der Waals surface area contributed by atoms with Gasteiger partial charge in [-0.05, 0) is 50.5 Å². The maximum atomic E-state index is 14.1. The first-order chi connectivity index (χ1) is 9.81. The molecule has 5 heteroatoms. The van der Waals surface area contributed by atoms with Gasteiger partial charge in [0.25, 0.3) is 5.91 Å². The van der Waals surface area contributed by atoms with Crippen LogP contribution >= 0.6 is 0 Å². The normalized spacial score (nSPS) is 17.4. The quantitative estimate of drug-likeness (QED) is 0.871. The van der Waals surface area contributed by atoms with Crippen LogP contribution in [0.2, 0.25) is 0 Å². The number of likely N-dealkylation sites (tertiary alicyclic amines) is 1. The second-order valence-electron chi connectivity index (χ2n) is 5.78. The fourth-order valence-electron chi connectivity index (χ4n) is 2.61. The van der Waals surface area contributed by atoms with E-state index in [-0.39, 0.29) is 17.0 Å². The van der Waals surface area contributed by atoms with Crippen molar-refractivity contribution in [2.24, 2.45) is 0 Å². The maximum Gasteiger partial charge on any atom is 0.328 e. The first-order valence-corrected chi connectivity index (χ1v) is 6.84. The Morgan fingerprint density at radius 3 is 2.62 bits per heavy atom. The van der Waals surface area contributed by atoms with Crippen molar-refractivity contribution in [2.75, 3.05) is 6.54 Å². The van der Waals surface area contributed by atoms with Gasteiger partial charge in [-0.3, -0.25) is 4.79 Å². The van der Waals surface area contributed by atoms with E-state index in [2.05, 4.69) is 0 Å². The molecule has 0 atom stereocenters. The number of carbonyl (C=O) groups is 2. The number of rotatable bonds is 3. The largest absolute Gasteiger partial charge is 0.478 e. The molecule has 1 aromatic rings. The molecule has 1 fully saturated rings. The third-order valence-corrected chi connectivity index (χ3v) is 3.79. The maximum absolute atomic E-state index is 14.1.